The molecule has 0 saturated carbocycles. The van der Waals surface area contributed by atoms with Crippen LogP contribution in [0.1, 0.15) is 5.69 Å². The maximum atomic E-state index is 5.31. The topological polar surface area (TPSA) is 35.5 Å². The second-order valence-electron chi connectivity index (χ2n) is 10.9. The normalized spacial score (nSPS) is 12.8. The summed E-state index contributed by atoms with van der Waals surface area (Å²) >= 11 is 0.134. The molecule has 0 aliphatic carbocycles. The van der Waals surface area contributed by atoms with Crippen molar-refractivity contribution < 1.29 is 0 Å². The fourth-order valence-corrected chi connectivity index (χ4v) is 8.45. The van der Waals surface area contributed by atoms with Crippen LogP contribution in [0.4, 0.5) is 28.6 Å². The molecule has 1 aliphatic heterocycles. The number of anilines is 5. The predicted molar refractivity (Wildman–Crippen MR) is 184 cm³/mol. The van der Waals surface area contributed by atoms with E-state index in [9.17, 15) is 0 Å². The van der Waals surface area contributed by atoms with Gasteiger partial charge in [0.25, 0.3) is 0 Å². The zero-order valence-electron chi connectivity index (χ0n) is 24.2. The summed E-state index contributed by atoms with van der Waals surface area (Å²) in [6, 6.07) is 46.9. The van der Waals surface area contributed by atoms with Gasteiger partial charge in [-0.1, -0.05) is 18.2 Å². The Bertz CT molecular complexity index is 2140. The van der Waals surface area contributed by atoms with Crippen LogP contribution in [0.2, 0.25) is 0 Å². The SMILES string of the molecule is Cc1ccc2c(n1)[se]c1c(-c3cccc(N(c4ccccc4)c4cccc(N5C=CN(c6ccccc6)C5)c4)n3)cccc12. The van der Waals surface area contributed by atoms with E-state index in [-0.39, 0.29) is 14.5 Å². The van der Waals surface area contributed by atoms with E-state index < -0.39 is 0 Å². The Labute approximate surface area is 262 Å². The van der Waals surface area contributed by atoms with Crippen LogP contribution in [-0.4, -0.2) is 31.1 Å². The van der Waals surface area contributed by atoms with E-state index in [1.54, 1.807) is 0 Å². The molecule has 0 saturated heterocycles. The molecule has 1 aliphatic rings. The van der Waals surface area contributed by atoms with Crippen LogP contribution in [-0.2, 0) is 0 Å². The van der Waals surface area contributed by atoms with Crippen molar-refractivity contribution in [1.29, 1.82) is 0 Å². The third kappa shape index (κ3) is 4.84. The minimum absolute atomic E-state index is 0.134. The summed E-state index contributed by atoms with van der Waals surface area (Å²) in [7, 11) is 0. The number of nitrogens with zero attached hydrogens (tertiary/aromatic N) is 5. The van der Waals surface area contributed by atoms with Gasteiger partial charge in [-0.2, -0.15) is 0 Å². The molecule has 7 aromatic rings. The van der Waals surface area contributed by atoms with E-state index in [0.29, 0.717) is 0 Å². The molecule has 4 aromatic carbocycles. The first-order valence-electron chi connectivity index (χ1n) is 14.7. The molecule has 0 radical (unpaired) electrons. The third-order valence-corrected chi connectivity index (χ3v) is 10.4. The number of rotatable bonds is 6. The monoisotopic (exact) mass is 635 g/mol. The number of para-hydroxylation sites is 2. The summed E-state index contributed by atoms with van der Waals surface area (Å²) in [5, 5.41) is 2.54. The average molecular weight is 635 g/mol. The molecular formula is C38H29N5Se. The number of hydrogen-bond acceptors (Lipinski definition) is 5. The Morgan fingerprint density at radius 1 is 0.614 bits per heavy atom. The van der Waals surface area contributed by atoms with Gasteiger partial charge in [-0.15, -0.1) is 0 Å². The summed E-state index contributed by atoms with van der Waals surface area (Å²) in [4.78, 5) is 17.0. The zero-order valence-corrected chi connectivity index (χ0v) is 25.9. The third-order valence-electron chi connectivity index (χ3n) is 8.00. The van der Waals surface area contributed by atoms with Crippen molar-refractivity contribution in [3.8, 4) is 11.3 Å². The molecule has 0 N–H and O–H groups in total. The molecule has 5 nitrogen and oxygen atoms in total. The second kappa shape index (κ2) is 11.2. The van der Waals surface area contributed by atoms with Gasteiger partial charge >= 0.3 is 228 Å². The van der Waals surface area contributed by atoms with Crippen molar-refractivity contribution in [2.24, 2.45) is 0 Å². The van der Waals surface area contributed by atoms with Gasteiger partial charge in [-0.25, -0.2) is 0 Å². The summed E-state index contributed by atoms with van der Waals surface area (Å²) in [6.07, 6.45) is 4.28. The molecule has 0 spiro atoms. The van der Waals surface area contributed by atoms with E-state index in [4.69, 9.17) is 9.97 Å². The first-order valence-corrected chi connectivity index (χ1v) is 16.4. The molecule has 0 unspecified atom stereocenters. The maximum absolute atomic E-state index is 5.31. The van der Waals surface area contributed by atoms with Crippen molar-refractivity contribution >= 4 is 62.5 Å². The molecule has 0 atom stereocenters. The van der Waals surface area contributed by atoms with Crippen LogP contribution in [0, 0.1) is 6.92 Å². The van der Waals surface area contributed by atoms with Crippen LogP contribution in [0.3, 0.4) is 0 Å². The van der Waals surface area contributed by atoms with E-state index in [0.717, 1.165) is 40.9 Å². The van der Waals surface area contributed by atoms with Gasteiger partial charge in [0.05, 0.1) is 0 Å². The van der Waals surface area contributed by atoms with E-state index >= 15 is 0 Å². The zero-order chi connectivity index (χ0) is 29.5. The number of pyridine rings is 2. The van der Waals surface area contributed by atoms with Gasteiger partial charge in [-0.05, 0) is 12.1 Å². The summed E-state index contributed by atoms with van der Waals surface area (Å²) < 4.78 is 2.57. The summed E-state index contributed by atoms with van der Waals surface area (Å²) in [5.41, 5.74) is 7.65. The van der Waals surface area contributed by atoms with Crippen molar-refractivity contribution in [3.63, 3.8) is 0 Å². The van der Waals surface area contributed by atoms with Crippen LogP contribution in [0.5, 0.6) is 0 Å². The predicted octanol–water partition coefficient (Wildman–Crippen LogP) is 9.04. The fraction of sp³-hybridized carbons (Fsp3) is 0.0526. The van der Waals surface area contributed by atoms with Crippen molar-refractivity contribution in [1.82, 2.24) is 9.97 Å². The number of fused-ring (bicyclic) bond motifs is 3. The first kappa shape index (κ1) is 26.5. The summed E-state index contributed by atoms with van der Waals surface area (Å²) in [5.74, 6) is 0.878. The quantitative estimate of drug-likeness (QED) is 0.171. The number of aromatic nitrogens is 2. The second-order valence-corrected chi connectivity index (χ2v) is 13.0. The van der Waals surface area contributed by atoms with Gasteiger partial charge < -0.3 is 0 Å². The Morgan fingerprint density at radius 2 is 1.32 bits per heavy atom. The van der Waals surface area contributed by atoms with Crippen LogP contribution < -0.4 is 14.7 Å². The molecule has 3 aromatic heterocycles. The number of benzene rings is 4. The van der Waals surface area contributed by atoms with Gasteiger partial charge in [0.15, 0.2) is 0 Å². The van der Waals surface area contributed by atoms with Crippen molar-refractivity contribution in [2.45, 2.75) is 6.92 Å². The van der Waals surface area contributed by atoms with Gasteiger partial charge in [-0.3, -0.25) is 0 Å². The molecule has 8 rings (SSSR count). The molecular weight excluding hydrogens is 605 g/mol. The van der Waals surface area contributed by atoms with Gasteiger partial charge in [0, 0.05) is 5.69 Å². The molecule has 6 heteroatoms. The van der Waals surface area contributed by atoms with Crippen LogP contribution in [0.25, 0.3) is 30.7 Å². The Balaban J connectivity index is 1.19. The Hall–Kier alpha value is -5.16. The molecule has 4 heterocycles. The summed E-state index contributed by atoms with van der Waals surface area (Å²) in [6.45, 7) is 2.82. The van der Waals surface area contributed by atoms with Crippen LogP contribution in [0.15, 0.2) is 146 Å². The minimum atomic E-state index is 0.134. The average Bonchev–Trinajstić information content (AvgIpc) is 3.71. The standard InChI is InChI=1S/C38H29N5Se/c1-27-21-22-33-32-17-9-18-34(37(32)44-38(33)39-27)35-19-10-20-36(40-35)43(29-13-6-3-7-14-29)31-16-8-15-30(25-31)42-24-23-41(26-42)28-11-4-2-5-12-28/h2-25H,26H2,1H3. The molecule has 212 valence electrons. The van der Waals surface area contributed by atoms with Gasteiger partial charge in [0.1, 0.15) is 0 Å². The first-order chi connectivity index (χ1) is 21.7. The van der Waals surface area contributed by atoms with E-state index in [1.807, 2.05) is 0 Å². The Morgan fingerprint density at radius 3 is 2.16 bits per heavy atom. The van der Waals surface area contributed by atoms with Crippen LogP contribution >= 0.6 is 0 Å². The molecule has 0 bridgehead atoms. The number of aryl methyl sites for hydroxylation is 1. The van der Waals surface area contributed by atoms with Gasteiger partial charge in [0.2, 0.25) is 0 Å². The molecule has 44 heavy (non-hydrogen) atoms. The van der Waals surface area contributed by atoms with E-state index in [1.165, 1.54) is 30.7 Å². The van der Waals surface area contributed by atoms with Crippen molar-refractivity contribution in [2.75, 3.05) is 21.4 Å². The Kier molecular flexibility index (Phi) is 6.71. The molecule has 0 amide bonds. The fourth-order valence-electron chi connectivity index (χ4n) is 5.85. The van der Waals surface area contributed by atoms with Crippen molar-refractivity contribution in [3.05, 3.63) is 152 Å². The number of hydrogen-bond donors (Lipinski definition) is 0. The van der Waals surface area contributed by atoms with E-state index in [2.05, 4.69) is 167 Å². The molecule has 0 fully saturated rings.